The fraction of sp³-hybridized carbons (Fsp3) is 0.750. The van der Waals surface area contributed by atoms with Crippen LogP contribution in [-0.4, -0.2) is 87.2 Å². The number of aliphatic hydroxyl groups is 2. The Morgan fingerprint density at radius 1 is 1.20 bits per heavy atom. The van der Waals surface area contributed by atoms with Gasteiger partial charge < -0.3 is 29.3 Å². The van der Waals surface area contributed by atoms with Gasteiger partial charge >= 0.3 is 7.12 Å². The molecule has 3 fully saturated rings. The van der Waals surface area contributed by atoms with Crippen molar-refractivity contribution in [2.24, 2.45) is 0 Å². The maximum Gasteiger partial charge on any atom is 0.498 e. The zero-order chi connectivity index (χ0) is 21.7. The molecule has 0 unspecified atom stereocenters. The molecule has 30 heavy (non-hydrogen) atoms. The number of amides is 1. The molecule has 1 aromatic heterocycles. The van der Waals surface area contributed by atoms with E-state index in [2.05, 4.69) is 14.9 Å². The smallest absolute Gasteiger partial charge is 0.399 e. The van der Waals surface area contributed by atoms with Gasteiger partial charge in [0.05, 0.1) is 23.9 Å². The first-order valence-corrected chi connectivity index (χ1v) is 10.7. The van der Waals surface area contributed by atoms with Gasteiger partial charge in [0.25, 0.3) is 5.91 Å². The minimum Gasteiger partial charge on any atom is -0.399 e. The third-order valence-corrected chi connectivity index (χ3v) is 6.68. The molecule has 2 N–H and O–H groups in total. The summed E-state index contributed by atoms with van der Waals surface area (Å²) in [5.74, 6) is 0.215. The second-order valence-electron chi connectivity index (χ2n) is 9.47. The van der Waals surface area contributed by atoms with Crippen LogP contribution in [0, 0.1) is 0 Å². The summed E-state index contributed by atoms with van der Waals surface area (Å²) < 4.78 is 12.2. The Morgan fingerprint density at radius 2 is 1.80 bits per heavy atom. The lowest BCUT2D eigenvalue weighted by molar-refractivity contribution is -0.141. The normalized spacial score (nSPS) is 26.1. The molecule has 1 amide bonds. The Morgan fingerprint density at radius 3 is 2.33 bits per heavy atom. The Balaban J connectivity index is 1.47. The van der Waals surface area contributed by atoms with Crippen LogP contribution in [0.15, 0.2) is 12.4 Å². The number of nitrogens with zero attached hydrogens (tertiary/aromatic N) is 4. The Kier molecular flexibility index (Phi) is 5.55. The van der Waals surface area contributed by atoms with Crippen LogP contribution in [0.2, 0.25) is 0 Å². The number of rotatable bonds is 6. The second-order valence-corrected chi connectivity index (χ2v) is 9.47. The number of aliphatic hydroxyl groups excluding tert-OH is 2. The van der Waals surface area contributed by atoms with Crippen molar-refractivity contribution in [1.29, 1.82) is 0 Å². The molecule has 2 aliphatic heterocycles. The molecule has 1 aromatic rings. The Labute approximate surface area is 177 Å². The molecule has 2 atom stereocenters. The Hall–Kier alpha value is -1.75. The van der Waals surface area contributed by atoms with Crippen LogP contribution in [0.4, 0.5) is 5.95 Å². The summed E-state index contributed by atoms with van der Waals surface area (Å²) in [6.07, 6.45) is 5.09. The van der Waals surface area contributed by atoms with Crippen LogP contribution in [0.5, 0.6) is 0 Å². The quantitative estimate of drug-likeness (QED) is 0.607. The molecule has 2 saturated heterocycles. The molecule has 3 aliphatic rings. The molecule has 1 aliphatic carbocycles. The van der Waals surface area contributed by atoms with Crippen molar-refractivity contribution < 1.29 is 24.3 Å². The van der Waals surface area contributed by atoms with Gasteiger partial charge in [0.1, 0.15) is 0 Å². The van der Waals surface area contributed by atoms with E-state index in [0.29, 0.717) is 25.1 Å². The van der Waals surface area contributed by atoms with E-state index in [-0.39, 0.29) is 6.04 Å². The van der Waals surface area contributed by atoms with Crippen molar-refractivity contribution in [3.63, 3.8) is 0 Å². The van der Waals surface area contributed by atoms with Crippen molar-refractivity contribution >= 4 is 24.4 Å². The van der Waals surface area contributed by atoms with E-state index in [1.54, 1.807) is 17.3 Å². The van der Waals surface area contributed by atoms with Crippen molar-refractivity contribution in [1.82, 2.24) is 14.9 Å². The van der Waals surface area contributed by atoms with Crippen LogP contribution in [0.25, 0.3) is 0 Å². The molecular weight excluding hydrogens is 387 g/mol. The van der Waals surface area contributed by atoms with Gasteiger partial charge in [-0.05, 0) is 47.0 Å². The summed E-state index contributed by atoms with van der Waals surface area (Å²) in [5.41, 5.74) is -0.0625. The van der Waals surface area contributed by atoms with E-state index < -0.39 is 36.9 Å². The Bertz CT molecular complexity index is 770. The molecule has 0 aromatic carbocycles. The predicted molar refractivity (Wildman–Crippen MR) is 111 cm³/mol. The lowest BCUT2D eigenvalue weighted by atomic mass is 9.81. The molecular formula is C20H31BN4O5. The topological polar surface area (TPSA) is 108 Å². The average molecular weight is 418 g/mol. The van der Waals surface area contributed by atoms with E-state index in [1.807, 2.05) is 27.7 Å². The second kappa shape index (κ2) is 7.74. The summed E-state index contributed by atoms with van der Waals surface area (Å²) in [4.78, 5) is 25.2. The van der Waals surface area contributed by atoms with E-state index in [1.165, 1.54) is 0 Å². The maximum atomic E-state index is 12.2. The summed E-state index contributed by atoms with van der Waals surface area (Å²) in [7, 11) is -0.502. The van der Waals surface area contributed by atoms with Crippen molar-refractivity contribution in [3.05, 3.63) is 12.4 Å². The number of carbonyl (C=O) groups is 1. The predicted octanol–water partition coefficient (Wildman–Crippen LogP) is -0.301. The van der Waals surface area contributed by atoms with Crippen LogP contribution >= 0.6 is 0 Å². The standard InChI is InChI=1S/C20H31BN4O5/c1-19(2)20(3,4)30-21(29-19)13-9-22-18(23-10-13)25(14-5-6-14)15-7-8-24(11-15)17(28)16(27)12-26/h9-10,14-16,26-27H,5-8,11-12H2,1-4H3/t15-,16-/m0/s1. The van der Waals surface area contributed by atoms with Gasteiger partial charge in [0, 0.05) is 37.0 Å². The first kappa shape index (κ1) is 21.5. The third kappa shape index (κ3) is 3.93. The molecule has 1 saturated carbocycles. The molecule has 0 bridgehead atoms. The van der Waals surface area contributed by atoms with E-state index >= 15 is 0 Å². The molecule has 3 heterocycles. The minimum atomic E-state index is -1.35. The van der Waals surface area contributed by atoms with Crippen LogP contribution in [0.3, 0.4) is 0 Å². The highest BCUT2D eigenvalue weighted by Crippen LogP contribution is 2.37. The highest BCUT2D eigenvalue weighted by atomic mass is 16.7. The van der Waals surface area contributed by atoms with E-state index in [0.717, 1.165) is 24.7 Å². The van der Waals surface area contributed by atoms with Gasteiger partial charge in [0.2, 0.25) is 5.95 Å². The number of likely N-dealkylation sites (tertiary alicyclic amines) is 1. The van der Waals surface area contributed by atoms with Gasteiger partial charge in [-0.2, -0.15) is 0 Å². The zero-order valence-corrected chi connectivity index (χ0v) is 18.1. The summed E-state index contributed by atoms with van der Waals surface area (Å²) in [6, 6.07) is 0.463. The molecule has 9 nitrogen and oxygen atoms in total. The number of hydrogen-bond acceptors (Lipinski definition) is 8. The summed E-state index contributed by atoms with van der Waals surface area (Å²) in [6.45, 7) is 8.53. The number of aromatic nitrogens is 2. The van der Waals surface area contributed by atoms with Gasteiger partial charge in [-0.3, -0.25) is 4.79 Å². The maximum absolute atomic E-state index is 12.2. The highest BCUT2D eigenvalue weighted by molar-refractivity contribution is 6.61. The van der Waals surface area contributed by atoms with Crippen molar-refractivity contribution in [3.8, 4) is 0 Å². The first-order valence-electron chi connectivity index (χ1n) is 10.7. The van der Waals surface area contributed by atoms with Crippen LogP contribution in [0.1, 0.15) is 47.0 Å². The fourth-order valence-corrected chi connectivity index (χ4v) is 4.00. The minimum absolute atomic E-state index is 0.0926. The fourth-order valence-electron chi connectivity index (χ4n) is 4.00. The average Bonchev–Trinajstić information content (AvgIpc) is 3.36. The van der Waals surface area contributed by atoms with Crippen LogP contribution < -0.4 is 10.4 Å². The monoisotopic (exact) mass is 418 g/mol. The number of anilines is 1. The van der Waals surface area contributed by atoms with Crippen molar-refractivity contribution in [2.45, 2.75) is 76.3 Å². The largest absolute Gasteiger partial charge is 0.498 e. The van der Waals surface area contributed by atoms with Gasteiger partial charge in [-0.15, -0.1) is 0 Å². The van der Waals surface area contributed by atoms with E-state index in [9.17, 15) is 9.90 Å². The lowest BCUT2D eigenvalue weighted by Gasteiger charge is -2.32. The lowest BCUT2D eigenvalue weighted by Crippen LogP contribution is -2.44. The SMILES string of the molecule is CC1(C)OB(c2cnc(N(C3CC3)[C@H]3CCN(C(=O)[C@@H](O)CO)C3)nc2)OC1(C)C. The number of carbonyl (C=O) groups excluding carboxylic acids is 1. The third-order valence-electron chi connectivity index (χ3n) is 6.68. The molecule has 4 rings (SSSR count). The van der Waals surface area contributed by atoms with Gasteiger partial charge in [0.15, 0.2) is 6.10 Å². The molecule has 164 valence electrons. The summed E-state index contributed by atoms with van der Waals surface area (Å²) >= 11 is 0. The highest BCUT2D eigenvalue weighted by Gasteiger charge is 2.52. The van der Waals surface area contributed by atoms with Crippen molar-refractivity contribution in [2.75, 3.05) is 24.6 Å². The molecule has 0 radical (unpaired) electrons. The van der Waals surface area contributed by atoms with Gasteiger partial charge in [-0.1, -0.05) is 0 Å². The molecule has 10 heteroatoms. The van der Waals surface area contributed by atoms with Gasteiger partial charge in [-0.25, -0.2) is 9.97 Å². The van der Waals surface area contributed by atoms with Crippen LogP contribution in [-0.2, 0) is 14.1 Å². The first-order chi connectivity index (χ1) is 14.1. The number of hydrogen-bond donors (Lipinski definition) is 2. The zero-order valence-electron chi connectivity index (χ0n) is 18.1. The van der Waals surface area contributed by atoms with E-state index in [4.69, 9.17) is 14.4 Å². The summed E-state index contributed by atoms with van der Waals surface area (Å²) in [5, 5.41) is 18.7. The molecule has 0 spiro atoms.